The zero-order chi connectivity index (χ0) is 14.8. The molecular formula is C18H27NO2. The van der Waals surface area contributed by atoms with Gasteiger partial charge in [-0.2, -0.15) is 0 Å². The number of methoxy groups -OCH3 is 1. The van der Waals surface area contributed by atoms with Crippen molar-refractivity contribution in [3.05, 3.63) is 28.8 Å². The maximum absolute atomic E-state index is 6.36. The number of hydrogen-bond donors (Lipinski definition) is 1. The molecule has 1 aliphatic heterocycles. The van der Waals surface area contributed by atoms with Crippen molar-refractivity contribution in [3.63, 3.8) is 0 Å². The van der Waals surface area contributed by atoms with Crippen LogP contribution in [0.1, 0.15) is 54.9 Å². The first-order chi connectivity index (χ1) is 10.2. The van der Waals surface area contributed by atoms with Gasteiger partial charge < -0.3 is 15.2 Å². The maximum Gasteiger partial charge on any atom is 0.125 e. The molecule has 1 aromatic carbocycles. The molecule has 3 heteroatoms. The number of fused-ring (bicyclic) bond motifs is 1. The first kappa shape index (κ1) is 14.9. The topological polar surface area (TPSA) is 44.5 Å². The van der Waals surface area contributed by atoms with Crippen LogP contribution in [0.5, 0.6) is 5.75 Å². The Morgan fingerprint density at radius 2 is 2.00 bits per heavy atom. The Balaban J connectivity index is 1.92. The lowest BCUT2D eigenvalue weighted by molar-refractivity contribution is -0.0594. The zero-order valence-electron chi connectivity index (χ0n) is 13.2. The van der Waals surface area contributed by atoms with Crippen LogP contribution in [0.15, 0.2) is 12.1 Å². The highest BCUT2D eigenvalue weighted by Gasteiger charge is 2.34. The second-order valence-electron chi connectivity index (χ2n) is 6.48. The Labute approximate surface area is 127 Å². The summed E-state index contributed by atoms with van der Waals surface area (Å²) in [5.74, 6) is 1.72. The van der Waals surface area contributed by atoms with Gasteiger partial charge in [-0.1, -0.05) is 31.4 Å². The van der Waals surface area contributed by atoms with E-state index in [4.69, 9.17) is 15.2 Å². The minimum Gasteiger partial charge on any atom is -0.496 e. The number of benzene rings is 1. The summed E-state index contributed by atoms with van der Waals surface area (Å²) >= 11 is 0. The molecule has 1 saturated carbocycles. The molecule has 2 N–H and O–H groups in total. The van der Waals surface area contributed by atoms with E-state index in [1.165, 1.54) is 48.8 Å². The lowest BCUT2D eigenvalue weighted by Crippen LogP contribution is -2.36. The summed E-state index contributed by atoms with van der Waals surface area (Å²) in [5, 5.41) is 0. The van der Waals surface area contributed by atoms with Crippen LogP contribution < -0.4 is 10.5 Å². The summed E-state index contributed by atoms with van der Waals surface area (Å²) in [6.07, 6.45) is 7.96. The lowest BCUT2D eigenvalue weighted by Gasteiger charge is -2.38. The van der Waals surface area contributed by atoms with Crippen LogP contribution in [0.2, 0.25) is 0 Å². The smallest absolute Gasteiger partial charge is 0.125 e. The third kappa shape index (κ3) is 2.82. The Bertz CT molecular complexity index is 494. The summed E-state index contributed by atoms with van der Waals surface area (Å²) in [4.78, 5) is 0. The second kappa shape index (κ2) is 6.37. The van der Waals surface area contributed by atoms with Crippen LogP contribution in [-0.2, 0) is 11.2 Å². The molecule has 0 radical (unpaired) electrons. The molecule has 1 aromatic rings. The predicted octanol–water partition coefficient (Wildman–Crippen LogP) is 3.53. The molecule has 2 aliphatic rings. The van der Waals surface area contributed by atoms with Crippen molar-refractivity contribution in [3.8, 4) is 5.75 Å². The van der Waals surface area contributed by atoms with Crippen molar-refractivity contribution in [2.45, 2.75) is 57.7 Å². The Morgan fingerprint density at radius 3 is 2.67 bits per heavy atom. The minimum absolute atomic E-state index is 0.0233. The molecule has 2 unspecified atom stereocenters. The van der Waals surface area contributed by atoms with E-state index in [-0.39, 0.29) is 6.10 Å². The van der Waals surface area contributed by atoms with Gasteiger partial charge in [0.05, 0.1) is 19.3 Å². The molecule has 0 bridgehead atoms. The van der Waals surface area contributed by atoms with E-state index in [1.54, 1.807) is 7.11 Å². The van der Waals surface area contributed by atoms with Gasteiger partial charge in [0.15, 0.2) is 0 Å². The van der Waals surface area contributed by atoms with E-state index in [9.17, 15) is 0 Å². The predicted molar refractivity (Wildman–Crippen MR) is 84.7 cm³/mol. The van der Waals surface area contributed by atoms with Crippen molar-refractivity contribution in [1.82, 2.24) is 0 Å². The van der Waals surface area contributed by atoms with E-state index in [0.29, 0.717) is 18.6 Å². The van der Waals surface area contributed by atoms with Gasteiger partial charge in [0.1, 0.15) is 5.75 Å². The van der Waals surface area contributed by atoms with Gasteiger partial charge in [-0.05, 0) is 36.8 Å². The van der Waals surface area contributed by atoms with E-state index in [2.05, 4.69) is 19.1 Å². The van der Waals surface area contributed by atoms with Crippen LogP contribution in [0.25, 0.3) is 0 Å². The first-order valence-electron chi connectivity index (χ1n) is 8.26. The van der Waals surface area contributed by atoms with Crippen LogP contribution in [-0.4, -0.2) is 19.8 Å². The Hall–Kier alpha value is -1.06. The van der Waals surface area contributed by atoms with Crippen molar-refractivity contribution >= 4 is 0 Å². The molecule has 1 aliphatic carbocycles. The largest absolute Gasteiger partial charge is 0.496 e. The Kier molecular flexibility index (Phi) is 4.51. The number of aryl methyl sites for hydroxylation is 1. The number of rotatable bonds is 3. The van der Waals surface area contributed by atoms with Crippen LogP contribution in [0.4, 0.5) is 0 Å². The van der Waals surface area contributed by atoms with Crippen LogP contribution in [0, 0.1) is 12.8 Å². The second-order valence-corrected chi connectivity index (χ2v) is 6.48. The summed E-state index contributed by atoms with van der Waals surface area (Å²) in [6.45, 7) is 2.66. The Morgan fingerprint density at radius 1 is 1.24 bits per heavy atom. The third-order valence-electron chi connectivity index (χ3n) is 5.18. The van der Waals surface area contributed by atoms with Crippen LogP contribution >= 0.6 is 0 Å². The van der Waals surface area contributed by atoms with E-state index < -0.39 is 0 Å². The molecule has 0 aromatic heterocycles. The van der Waals surface area contributed by atoms with Gasteiger partial charge in [0.25, 0.3) is 0 Å². The fourth-order valence-electron chi connectivity index (χ4n) is 4.06. The van der Waals surface area contributed by atoms with Crippen LogP contribution in [0.3, 0.4) is 0 Å². The molecule has 3 rings (SSSR count). The molecule has 2 atom stereocenters. The minimum atomic E-state index is 0.0233. The van der Waals surface area contributed by atoms with Crippen molar-refractivity contribution in [1.29, 1.82) is 0 Å². The van der Waals surface area contributed by atoms with Crippen molar-refractivity contribution < 1.29 is 9.47 Å². The molecule has 1 fully saturated rings. The van der Waals surface area contributed by atoms with Gasteiger partial charge >= 0.3 is 0 Å². The maximum atomic E-state index is 6.36. The highest BCUT2D eigenvalue weighted by molar-refractivity contribution is 5.48. The molecule has 0 amide bonds. The molecule has 116 valence electrons. The van der Waals surface area contributed by atoms with Gasteiger partial charge in [-0.25, -0.2) is 0 Å². The summed E-state index contributed by atoms with van der Waals surface area (Å²) in [7, 11) is 1.77. The SMILES string of the molecule is COc1c(C)ccc2c1CC(C1CCCCC1)OC2CN. The summed E-state index contributed by atoms with van der Waals surface area (Å²) < 4.78 is 12.0. The molecule has 21 heavy (non-hydrogen) atoms. The van der Waals surface area contributed by atoms with E-state index in [0.717, 1.165) is 12.2 Å². The quantitative estimate of drug-likeness (QED) is 0.926. The van der Waals surface area contributed by atoms with Gasteiger partial charge in [-0.3, -0.25) is 0 Å². The average Bonchev–Trinajstić information content (AvgIpc) is 2.54. The van der Waals surface area contributed by atoms with Crippen molar-refractivity contribution in [2.75, 3.05) is 13.7 Å². The number of hydrogen-bond acceptors (Lipinski definition) is 3. The summed E-state index contributed by atoms with van der Waals surface area (Å²) in [6, 6.07) is 4.28. The fraction of sp³-hybridized carbons (Fsp3) is 0.667. The highest BCUT2D eigenvalue weighted by Crippen LogP contribution is 2.41. The first-order valence-corrected chi connectivity index (χ1v) is 8.26. The summed E-state index contributed by atoms with van der Waals surface area (Å²) in [5.41, 5.74) is 9.74. The molecule has 0 saturated heterocycles. The van der Waals surface area contributed by atoms with E-state index >= 15 is 0 Å². The number of ether oxygens (including phenoxy) is 2. The lowest BCUT2D eigenvalue weighted by atomic mass is 9.80. The van der Waals surface area contributed by atoms with E-state index in [1.807, 2.05) is 0 Å². The average molecular weight is 289 g/mol. The molecule has 0 spiro atoms. The third-order valence-corrected chi connectivity index (χ3v) is 5.18. The molecule has 1 heterocycles. The molecule has 3 nitrogen and oxygen atoms in total. The fourth-order valence-corrected chi connectivity index (χ4v) is 4.06. The zero-order valence-corrected chi connectivity index (χ0v) is 13.2. The van der Waals surface area contributed by atoms with Crippen molar-refractivity contribution in [2.24, 2.45) is 11.7 Å². The number of nitrogens with two attached hydrogens (primary N) is 1. The normalized spacial score (nSPS) is 26.4. The molecular weight excluding hydrogens is 262 g/mol. The van der Waals surface area contributed by atoms with Gasteiger partial charge in [-0.15, -0.1) is 0 Å². The van der Waals surface area contributed by atoms with Gasteiger partial charge in [0.2, 0.25) is 0 Å². The monoisotopic (exact) mass is 289 g/mol. The highest BCUT2D eigenvalue weighted by atomic mass is 16.5. The standard InChI is InChI=1S/C18H27NO2/c1-12-8-9-14-15(18(12)20-2)10-16(21-17(14)11-19)13-6-4-3-5-7-13/h8-9,13,16-17H,3-7,10-11,19H2,1-2H3. The van der Waals surface area contributed by atoms with Gasteiger partial charge in [0, 0.05) is 18.5 Å².